The van der Waals surface area contributed by atoms with Gasteiger partial charge in [0.25, 0.3) is 0 Å². The molecule has 3 rings (SSSR count). The Morgan fingerprint density at radius 1 is 1.16 bits per heavy atom. The number of ether oxygens (including phenoxy) is 4. The number of esters is 2. The molecule has 4 N–H and O–H groups in total. The van der Waals surface area contributed by atoms with Crippen LogP contribution in [-0.4, -0.2) is 90.0 Å². The maximum atomic E-state index is 12.1. The van der Waals surface area contributed by atoms with Crippen LogP contribution in [0.15, 0.2) is 11.6 Å². The number of rotatable bonds is 6. The van der Waals surface area contributed by atoms with Gasteiger partial charge in [0.05, 0.1) is 26.9 Å². The first-order valence-electron chi connectivity index (χ1n) is 11.0. The summed E-state index contributed by atoms with van der Waals surface area (Å²) in [6, 6.07) is 0. The molecule has 3 aliphatic rings. The van der Waals surface area contributed by atoms with Gasteiger partial charge in [-0.3, -0.25) is 4.79 Å². The predicted octanol–water partition coefficient (Wildman–Crippen LogP) is -0.340. The van der Waals surface area contributed by atoms with Gasteiger partial charge in [0.15, 0.2) is 6.29 Å². The molecule has 32 heavy (non-hydrogen) atoms. The lowest BCUT2D eigenvalue weighted by atomic mass is 9.72. The minimum atomic E-state index is -1.54. The molecule has 2 fully saturated rings. The van der Waals surface area contributed by atoms with Crippen molar-refractivity contribution in [1.29, 1.82) is 0 Å². The van der Waals surface area contributed by atoms with E-state index in [0.29, 0.717) is 31.3 Å². The summed E-state index contributed by atoms with van der Waals surface area (Å²) in [7, 11) is 2.67. The van der Waals surface area contributed by atoms with E-state index in [4.69, 9.17) is 18.9 Å². The second kappa shape index (κ2) is 10.1. The molecule has 0 radical (unpaired) electrons. The molecule has 1 heterocycles. The highest BCUT2D eigenvalue weighted by Crippen LogP contribution is 2.56. The van der Waals surface area contributed by atoms with Crippen molar-refractivity contribution in [2.75, 3.05) is 20.8 Å². The van der Waals surface area contributed by atoms with Crippen LogP contribution in [0.5, 0.6) is 0 Å². The van der Waals surface area contributed by atoms with E-state index in [9.17, 15) is 30.0 Å². The fourth-order valence-corrected chi connectivity index (χ4v) is 5.46. The molecule has 0 amide bonds. The van der Waals surface area contributed by atoms with Crippen LogP contribution in [0.4, 0.5) is 0 Å². The Morgan fingerprint density at radius 3 is 2.50 bits per heavy atom. The van der Waals surface area contributed by atoms with Crippen molar-refractivity contribution in [3.63, 3.8) is 0 Å². The Labute approximate surface area is 187 Å². The van der Waals surface area contributed by atoms with E-state index >= 15 is 0 Å². The first kappa shape index (κ1) is 25.1. The van der Waals surface area contributed by atoms with Gasteiger partial charge in [0.1, 0.15) is 24.4 Å². The molecule has 2 unspecified atom stereocenters. The topological polar surface area (TPSA) is 152 Å². The monoisotopic (exact) mass is 458 g/mol. The third-order valence-corrected chi connectivity index (χ3v) is 7.47. The van der Waals surface area contributed by atoms with Gasteiger partial charge in [-0.25, -0.2) is 4.79 Å². The van der Waals surface area contributed by atoms with Crippen LogP contribution >= 0.6 is 0 Å². The van der Waals surface area contributed by atoms with E-state index in [1.165, 1.54) is 14.2 Å². The number of fused-ring (bicyclic) bond motifs is 1. The zero-order valence-electron chi connectivity index (χ0n) is 18.7. The molecular formula is C22H34O10. The second-order valence-corrected chi connectivity index (χ2v) is 9.17. The number of hydrogen-bond donors (Lipinski definition) is 4. The first-order chi connectivity index (χ1) is 15.2. The van der Waals surface area contributed by atoms with Crippen molar-refractivity contribution in [1.82, 2.24) is 0 Å². The Kier molecular flexibility index (Phi) is 7.95. The zero-order valence-corrected chi connectivity index (χ0v) is 18.7. The zero-order chi connectivity index (χ0) is 23.6. The summed E-state index contributed by atoms with van der Waals surface area (Å²) in [6.45, 7) is 1.48. The van der Waals surface area contributed by atoms with Crippen LogP contribution in [0, 0.1) is 17.3 Å². The minimum Gasteiger partial charge on any atom is -0.469 e. The van der Waals surface area contributed by atoms with Gasteiger partial charge in [-0.05, 0) is 42.9 Å². The highest BCUT2D eigenvalue weighted by molar-refractivity contribution is 5.88. The Morgan fingerprint density at radius 2 is 1.88 bits per heavy atom. The molecule has 182 valence electrons. The van der Waals surface area contributed by atoms with Crippen LogP contribution < -0.4 is 0 Å². The highest BCUT2D eigenvalue weighted by Gasteiger charge is 2.55. The van der Waals surface area contributed by atoms with Gasteiger partial charge in [0.2, 0.25) is 0 Å². The van der Waals surface area contributed by atoms with Gasteiger partial charge in [-0.2, -0.15) is 0 Å². The van der Waals surface area contributed by atoms with Crippen molar-refractivity contribution < 1.29 is 49.0 Å². The summed E-state index contributed by atoms with van der Waals surface area (Å²) < 4.78 is 21.5. The SMILES string of the molecule is COC(=O)C[C@H]1CC(O[C@@H]2O[C@H](CO)[C@@H](O)[C@@H](O)[C@H]2O)[C@]2(C)CCC(C(=O)OC)=CCC12. The van der Waals surface area contributed by atoms with E-state index in [-0.39, 0.29) is 30.2 Å². The first-order valence-corrected chi connectivity index (χ1v) is 11.0. The molecule has 1 saturated heterocycles. The highest BCUT2D eigenvalue weighted by atomic mass is 16.7. The summed E-state index contributed by atoms with van der Waals surface area (Å²) in [6.07, 6.45) is -3.17. The van der Waals surface area contributed by atoms with Crippen LogP contribution in [0.1, 0.15) is 39.0 Å². The van der Waals surface area contributed by atoms with E-state index in [2.05, 4.69) is 0 Å². The smallest absolute Gasteiger partial charge is 0.333 e. The molecule has 0 spiro atoms. The predicted molar refractivity (Wildman–Crippen MR) is 109 cm³/mol. The van der Waals surface area contributed by atoms with E-state index in [1.54, 1.807) is 0 Å². The van der Waals surface area contributed by atoms with Crippen LogP contribution in [0.25, 0.3) is 0 Å². The van der Waals surface area contributed by atoms with Gasteiger partial charge in [-0.1, -0.05) is 13.0 Å². The van der Waals surface area contributed by atoms with Crippen molar-refractivity contribution >= 4 is 11.9 Å². The second-order valence-electron chi connectivity index (χ2n) is 9.17. The van der Waals surface area contributed by atoms with Crippen molar-refractivity contribution in [3.8, 4) is 0 Å². The Hall–Kier alpha value is -1.56. The summed E-state index contributed by atoms with van der Waals surface area (Å²) in [5, 5.41) is 40.0. The average molecular weight is 459 g/mol. The third kappa shape index (κ3) is 4.71. The number of hydrogen-bond acceptors (Lipinski definition) is 10. The van der Waals surface area contributed by atoms with Gasteiger partial charge >= 0.3 is 11.9 Å². The molecule has 2 aliphatic carbocycles. The maximum absolute atomic E-state index is 12.1. The number of allylic oxidation sites excluding steroid dienone is 1. The van der Waals surface area contributed by atoms with Crippen LogP contribution in [-0.2, 0) is 28.5 Å². The standard InChI is InChI=1S/C22H34O10/c1-22-7-6-11(20(28)30-3)4-5-13(22)12(9-16(24)29-2)8-15(22)32-21-19(27)18(26)17(25)14(10-23)31-21/h4,12-15,17-19,21,23,25-27H,5-10H2,1-3H3/t12-,13?,14-,15?,17-,18-,19-,21+,22-/m1/s1. The van der Waals surface area contributed by atoms with Gasteiger partial charge in [-0.15, -0.1) is 0 Å². The average Bonchev–Trinajstić information content (AvgIpc) is 2.91. The van der Waals surface area contributed by atoms with Crippen molar-refractivity contribution in [2.24, 2.45) is 17.3 Å². The number of carbonyl (C=O) groups is 2. The molecule has 0 aromatic rings. The molecule has 10 nitrogen and oxygen atoms in total. The molecule has 1 saturated carbocycles. The van der Waals surface area contributed by atoms with E-state index in [0.717, 1.165) is 0 Å². The fraction of sp³-hybridized carbons (Fsp3) is 0.818. The molecule has 0 aromatic carbocycles. The van der Waals surface area contributed by atoms with Crippen LogP contribution in [0.3, 0.4) is 0 Å². The molecule has 0 bridgehead atoms. The van der Waals surface area contributed by atoms with Gasteiger partial charge < -0.3 is 39.4 Å². The van der Waals surface area contributed by atoms with Crippen LogP contribution in [0.2, 0.25) is 0 Å². The van der Waals surface area contributed by atoms with E-state index in [1.807, 2.05) is 13.0 Å². The third-order valence-electron chi connectivity index (χ3n) is 7.47. The van der Waals surface area contributed by atoms with E-state index < -0.39 is 48.8 Å². The summed E-state index contributed by atoms with van der Waals surface area (Å²) in [5.41, 5.74) is 0.107. The molecule has 0 aromatic heterocycles. The van der Waals surface area contributed by atoms with Gasteiger partial charge in [0, 0.05) is 12.0 Å². The largest absolute Gasteiger partial charge is 0.469 e. The normalized spacial score (nSPS) is 41.9. The number of aliphatic hydroxyl groups excluding tert-OH is 4. The number of carbonyl (C=O) groups excluding carboxylic acids is 2. The number of aliphatic hydroxyl groups is 4. The lowest BCUT2D eigenvalue weighted by Crippen LogP contribution is -2.60. The fourth-order valence-electron chi connectivity index (χ4n) is 5.46. The molecular weight excluding hydrogens is 424 g/mol. The minimum absolute atomic E-state index is 0.00126. The Balaban J connectivity index is 1.84. The summed E-state index contributed by atoms with van der Waals surface area (Å²) in [4.78, 5) is 24.2. The van der Waals surface area contributed by atoms with Crippen molar-refractivity contribution in [2.45, 2.75) is 75.8 Å². The Bertz CT molecular complexity index is 722. The molecule has 1 aliphatic heterocycles. The molecule has 9 atom stereocenters. The lowest BCUT2D eigenvalue weighted by molar-refractivity contribution is -0.318. The summed E-state index contributed by atoms with van der Waals surface area (Å²) >= 11 is 0. The molecule has 10 heteroatoms. The maximum Gasteiger partial charge on any atom is 0.333 e. The van der Waals surface area contributed by atoms with Crippen molar-refractivity contribution in [3.05, 3.63) is 11.6 Å². The summed E-state index contributed by atoms with van der Waals surface area (Å²) in [5.74, 6) is -0.814. The lowest BCUT2D eigenvalue weighted by Gasteiger charge is -2.43. The number of methoxy groups -OCH3 is 2. The quantitative estimate of drug-likeness (QED) is 0.389.